The molecule has 0 unspecified atom stereocenters. The van der Waals surface area contributed by atoms with Crippen LogP contribution in [0.25, 0.3) is 22.8 Å². The molecule has 0 N–H and O–H groups in total. The minimum absolute atomic E-state index is 0.0431. The molecule has 1 saturated heterocycles. The smallest absolute Gasteiger partial charge is 0.254 e. The molecule has 0 bridgehead atoms. The fourth-order valence-electron chi connectivity index (χ4n) is 4.21. The summed E-state index contributed by atoms with van der Waals surface area (Å²) in [4.78, 5) is 19.5. The molecule has 5 rings (SSSR count). The molecule has 1 aliphatic heterocycles. The van der Waals surface area contributed by atoms with Crippen molar-refractivity contribution >= 4 is 15.9 Å². The lowest BCUT2D eigenvalue weighted by atomic mass is 10.1. The maximum Gasteiger partial charge on any atom is 0.254 e. The lowest BCUT2D eigenvalue weighted by Crippen LogP contribution is -2.50. The Kier molecular flexibility index (Phi) is 6.48. The first-order chi connectivity index (χ1) is 17.0. The van der Waals surface area contributed by atoms with Gasteiger partial charge in [0, 0.05) is 37.3 Å². The maximum atomic E-state index is 13.4. The van der Waals surface area contributed by atoms with Crippen molar-refractivity contribution in [1.29, 1.82) is 0 Å². The van der Waals surface area contributed by atoms with E-state index in [0.717, 1.165) is 11.1 Å². The summed E-state index contributed by atoms with van der Waals surface area (Å²) < 4.78 is 33.2. The van der Waals surface area contributed by atoms with Gasteiger partial charge in [-0.25, -0.2) is 13.4 Å². The van der Waals surface area contributed by atoms with Gasteiger partial charge in [-0.05, 0) is 17.7 Å². The number of hydrogen-bond acceptors (Lipinski definition) is 5. The Hall–Kier alpha value is -3.75. The summed E-state index contributed by atoms with van der Waals surface area (Å²) in [5.74, 6) is 0.788. The number of aromatic nitrogens is 1. The van der Waals surface area contributed by atoms with Crippen LogP contribution >= 0.6 is 0 Å². The zero-order valence-electron chi connectivity index (χ0n) is 19.1. The summed E-state index contributed by atoms with van der Waals surface area (Å²) in [6.07, 6.45) is 1.66. The van der Waals surface area contributed by atoms with Crippen LogP contribution in [-0.2, 0) is 15.8 Å². The van der Waals surface area contributed by atoms with Crippen molar-refractivity contribution in [3.05, 3.63) is 102 Å². The lowest BCUT2D eigenvalue weighted by molar-refractivity contribution is 0.0698. The van der Waals surface area contributed by atoms with Gasteiger partial charge in [-0.1, -0.05) is 72.8 Å². The van der Waals surface area contributed by atoms with E-state index in [1.165, 1.54) is 4.31 Å². The number of amides is 1. The van der Waals surface area contributed by atoms with E-state index in [0.29, 0.717) is 35.9 Å². The van der Waals surface area contributed by atoms with Crippen molar-refractivity contribution in [3.8, 4) is 22.8 Å². The van der Waals surface area contributed by atoms with Gasteiger partial charge in [0.1, 0.15) is 0 Å². The number of benzene rings is 3. The number of oxazole rings is 1. The first-order valence-corrected chi connectivity index (χ1v) is 13.0. The monoisotopic (exact) mass is 487 g/mol. The second-order valence-electron chi connectivity index (χ2n) is 8.37. The maximum absolute atomic E-state index is 13.4. The Balaban J connectivity index is 1.30. The van der Waals surface area contributed by atoms with Gasteiger partial charge in [-0.2, -0.15) is 4.31 Å². The molecule has 3 aromatic carbocycles. The fourth-order valence-corrected chi connectivity index (χ4v) is 5.72. The van der Waals surface area contributed by atoms with Crippen LogP contribution in [0.5, 0.6) is 0 Å². The topological polar surface area (TPSA) is 83.7 Å². The lowest BCUT2D eigenvalue weighted by Gasteiger charge is -2.34. The van der Waals surface area contributed by atoms with E-state index >= 15 is 0 Å². The highest BCUT2D eigenvalue weighted by molar-refractivity contribution is 7.88. The molecule has 1 amide bonds. The molecule has 0 atom stereocenters. The Morgan fingerprint density at radius 3 is 2.17 bits per heavy atom. The SMILES string of the molecule is O=C(c1ccccc1-c1ncc(-c2ccccc2)o1)N1CCN(S(=O)(=O)Cc2ccccc2)CC1. The van der Waals surface area contributed by atoms with Crippen molar-refractivity contribution in [1.82, 2.24) is 14.2 Å². The normalized spacial score (nSPS) is 14.7. The van der Waals surface area contributed by atoms with Crippen LogP contribution in [0.2, 0.25) is 0 Å². The van der Waals surface area contributed by atoms with Crippen LogP contribution in [0.4, 0.5) is 0 Å². The van der Waals surface area contributed by atoms with Crippen LogP contribution in [0, 0.1) is 0 Å². The first-order valence-electron chi connectivity index (χ1n) is 11.4. The molecule has 1 aliphatic rings. The zero-order chi connectivity index (χ0) is 24.3. The van der Waals surface area contributed by atoms with Gasteiger partial charge in [0.25, 0.3) is 5.91 Å². The molecule has 4 aromatic rings. The summed E-state index contributed by atoms with van der Waals surface area (Å²) in [5, 5.41) is 0. The molecule has 178 valence electrons. The second kappa shape index (κ2) is 9.85. The standard InChI is InChI=1S/C27H25N3O4S/c31-27(29-15-17-30(18-16-29)35(32,33)20-21-9-3-1-4-10-21)24-14-8-7-13-23(24)26-28-19-25(34-26)22-11-5-2-6-12-22/h1-14,19H,15-18,20H2. The molecule has 0 saturated carbocycles. The summed E-state index contributed by atoms with van der Waals surface area (Å²) >= 11 is 0. The molecular weight excluding hydrogens is 462 g/mol. The van der Waals surface area contributed by atoms with Gasteiger partial charge < -0.3 is 9.32 Å². The Labute approximate surface area is 204 Å². The number of piperazine rings is 1. The van der Waals surface area contributed by atoms with Crippen molar-refractivity contribution in [2.24, 2.45) is 0 Å². The highest BCUT2D eigenvalue weighted by Gasteiger charge is 2.30. The van der Waals surface area contributed by atoms with Crippen molar-refractivity contribution in [3.63, 3.8) is 0 Å². The number of rotatable bonds is 6. The predicted octanol–water partition coefficient (Wildman–Crippen LogP) is 4.30. The van der Waals surface area contributed by atoms with E-state index in [4.69, 9.17) is 4.42 Å². The number of carbonyl (C=O) groups is 1. The average molecular weight is 488 g/mol. The van der Waals surface area contributed by atoms with Gasteiger partial charge in [-0.15, -0.1) is 0 Å². The highest BCUT2D eigenvalue weighted by atomic mass is 32.2. The summed E-state index contributed by atoms with van der Waals surface area (Å²) in [5.41, 5.74) is 2.75. The van der Waals surface area contributed by atoms with E-state index in [9.17, 15) is 13.2 Å². The predicted molar refractivity (Wildman–Crippen MR) is 134 cm³/mol. The van der Waals surface area contributed by atoms with Crippen LogP contribution in [0.1, 0.15) is 15.9 Å². The van der Waals surface area contributed by atoms with E-state index in [1.807, 2.05) is 60.7 Å². The third-order valence-corrected chi connectivity index (χ3v) is 7.91. The van der Waals surface area contributed by atoms with Crippen molar-refractivity contribution in [2.75, 3.05) is 26.2 Å². The number of sulfonamides is 1. The van der Waals surface area contributed by atoms with Crippen LogP contribution < -0.4 is 0 Å². The molecule has 1 aromatic heterocycles. The highest BCUT2D eigenvalue weighted by Crippen LogP contribution is 2.29. The van der Waals surface area contributed by atoms with Crippen molar-refractivity contribution < 1.29 is 17.6 Å². The third kappa shape index (κ3) is 5.03. The summed E-state index contributed by atoms with van der Waals surface area (Å²) in [6, 6.07) is 26.0. The van der Waals surface area contributed by atoms with E-state index in [2.05, 4.69) is 4.98 Å². The Morgan fingerprint density at radius 1 is 0.829 bits per heavy atom. The molecule has 35 heavy (non-hydrogen) atoms. The quantitative estimate of drug-likeness (QED) is 0.405. The number of nitrogens with zero attached hydrogens (tertiary/aromatic N) is 3. The first kappa shape index (κ1) is 23.0. The summed E-state index contributed by atoms with van der Waals surface area (Å²) in [7, 11) is -3.45. The van der Waals surface area contributed by atoms with E-state index in [-0.39, 0.29) is 24.7 Å². The number of hydrogen-bond donors (Lipinski definition) is 0. The van der Waals surface area contributed by atoms with E-state index < -0.39 is 10.0 Å². The summed E-state index contributed by atoms with van der Waals surface area (Å²) in [6.45, 7) is 1.17. The van der Waals surface area contributed by atoms with Crippen LogP contribution in [0.15, 0.2) is 95.5 Å². The van der Waals surface area contributed by atoms with E-state index in [1.54, 1.807) is 35.4 Å². The van der Waals surface area contributed by atoms with Gasteiger partial charge in [0.05, 0.1) is 17.5 Å². The van der Waals surface area contributed by atoms with Crippen molar-refractivity contribution in [2.45, 2.75) is 5.75 Å². The zero-order valence-corrected chi connectivity index (χ0v) is 19.9. The molecule has 2 heterocycles. The molecule has 1 fully saturated rings. The Bertz CT molecular complexity index is 1410. The van der Waals surface area contributed by atoms with Gasteiger partial charge >= 0.3 is 0 Å². The Morgan fingerprint density at radius 2 is 1.46 bits per heavy atom. The molecule has 0 radical (unpaired) electrons. The third-order valence-electron chi connectivity index (χ3n) is 6.06. The largest absolute Gasteiger partial charge is 0.436 e. The molecular formula is C27H25N3O4S. The molecule has 7 nitrogen and oxygen atoms in total. The van der Waals surface area contributed by atoms with Gasteiger partial charge in [-0.3, -0.25) is 4.79 Å². The fraction of sp³-hybridized carbons (Fsp3) is 0.185. The average Bonchev–Trinajstić information content (AvgIpc) is 3.40. The van der Waals surface area contributed by atoms with Gasteiger partial charge in [0.2, 0.25) is 15.9 Å². The van der Waals surface area contributed by atoms with Crippen LogP contribution in [-0.4, -0.2) is 54.7 Å². The molecule has 0 spiro atoms. The minimum Gasteiger partial charge on any atom is -0.436 e. The number of carbonyl (C=O) groups excluding carboxylic acids is 1. The van der Waals surface area contributed by atoms with Gasteiger partial charge in [0.15, 0.2) is 5.76 Å². The second-order valence-corrected chi connectivity index (χ2v) is 10.3. The molecule has 8 heteroatoms. The van der Waals surface area contributed by atoms with Crippen LogP contribution in [0.3, 0.4) is 0 Å². The minimum atomic E-state index is -3.45. The molecule has 0 aliphatic carbocycles.